The molecule has 2 heterocycles. The number of benzene rings is 3. The molecular formula is C26H21BrCl2N2O4. The maximum absolute atomic E-state index is 13.8. The summed E-state index contributed by atoms with van der Waals surface area (Å²) in [5, 5.41) is 13.3. The van der Waals surface area contributed by atoms with Crippen molar-refractivity contribution >= 4 is 62.3 Å². The van der Waals surface area contributed by atoms with Crippen LogP contribution in [-0.4, -0.2) is 36.7 Å². The van der Waals surface area contributed by atoms with Gasteiger partial charge in [-0.3, -0.25) is 9.59 Å². The van der Waals surface area contributed by atoms with Crippen molar-refractivity contribution in [2.75, 3.05) is 30.0 Å². The van der Waals surface area contributed by atoms with Crippen LogP contribution in [-0.2, 0) is 15.0 Å². The largest absolute Gasteiger partial charge is 0.489 e. The summed E-state index contributed by atoms with van der Waals surface area (Å²) in [4.78, 5) is 29.0. The number of hydrogen-bond acceptors (Lipinski definition) is 4. The summed E-state index contributed by atoms with van der Waals surface area (Å²) in [6.45, 7) is 0.00491. The molecule has 180 valence electrons. The van der Waals surface area contributed by atoms with Gasteiger partial charge in [0.25, 0.3) is 0 Å². The number of piperidine rings is 1. The van der Waals surface area contributed by atoms with E-state index in [0.29, 0.717) is 27.2 Å². The first-order valence-electron chi connectivity index (χ1n) is 11.0. The van der Waals surface area contributed by atoms with E-state index in [4.69, 9.17) is 27.9 Å². The molecule has 2 atom stereocenters. The fourth-order valence-corrected chi connectivity index (χ4v) is 5.82. The Kier molecular flexibility index (Phi) is 6.53. The van der Waals surface area contributed by atoms with Crippen molar-refractivity contribution in [1.82, 2.24) is 0 Å². The Hall–Kier alpha value is -2.58. The van der Waals surface area contributed by atoms with Gasteiger partial charge < -0.3 is 20.1 Å². The molecule has 6 nitrogen and oxygen atoms in total. The van der Waals surface area contributed by atoms with E-state index >= 15 is 0 Å². The van der Waals surface area contributed by atoms with Crippen LogP contribution >= 0.6 is 39.1 Å². The summed E-state index contributed by atoms with van der Waals surface area (Å²) in [5.74, 6) is -0.351. The molecule has 2 amide bonds. The highest BCUT2D eigenvalue weighted by molar-refractivity contribution is 9.10. The molecule has 1 saturated heterocycles. The van der Waals surface area contributed by atoms with Crippen molar-refractivity contribution in [2.24, 2.45) is 0 Å². The smallest absolute Gasteiger partial charge is 0.237 e. The first kappa shape index (κ1) is 24.1. The van der Waals surface area contributed by atoms with Crippen LogP contribution in [0.2, 0.25) is 10.0 Å². The fraction of sp³-hybridized carbons (Fsp3) is 0.231. The van der Waals surface area contributed by atoms with Crippen LogP contribution in [0, 0.1) is 0 Å². The molecule has 1 spiro atoms. The monoisotopic (exact) mass is 574 g/mol. The third-order valence-electron chi connectivity index (χ3n) is 6.61. The SMILES string of the molecule is O=C1CC(c2cccc(Cl)c2)C2(CN1c1cc(Br)ccc1OCCO)C(=O)Nc1cc(Cl)ccc12. The van der Waals surface area contributed by atoms with Crippen molar-refractivity contribution in [2.45, 2.75) is 17.8 Å². The second kappa shape index (κ2) is 9.47. The molecule has 9 heteroatoms. The second-order valence-corrected chi connectivity index (χ2v) is 10.4. The van der Waals surface area contributed by atoms with Crippen molar-refractivity contribution < 1.29 is 19.4 Å². The third-order valence-corrected chi connectivity index (χ3v) is 7.57. The van der Waals surface area contributed by atoms with Crippen LogP contribution < -0.4 is 15.0 Å². The Morgan fingerprint density at radius 2 is 1.89 bits per heavy atom. The number of carbonyl (C=O) groups is 2. The number of ether oxygens (including phenoxy) is 1. The van der Waals surface area contributed by atoms with Crippen molar-refractivity contribution in [1.29, 1.82) is 0 Å². The van der Waals surface area contributed by atoms with Crippen LogP contribution in [0.5, 0.6) is 5.75 Å². The average Bonchev–Trinajstić information content (AvgIpc) is 3.09. The zero-order valence-electron chi connectivity index (χ0n) is 18.4. The molecule has 2 N–H and O–H groups in total. The van der Waals surface area contributed by atoms with E-state index in [-0.39, 0.29) is 38.0 Å². The number of aliphatic hydroxyl groups excluding tert-OH is 1. The number of hydrogen-bond donors (Lipinski definition) is 2. The molecule has 0 aliphatic carbocycles. The number of carbonyl (C=O) groups excluding carboxylic acids is 2. The predicted octanol–water partition coefficient (Wildman–Crippen LogP) is 5.54. The van der Waals surface area contributed by atoms with Crippen molar-refractivity contribution in [3.63, 3.8) is 0 Å². The molecule has 0 radical (unpaired) electrons. The summed E-state index contributed by atoms with van der Waals surface area (Å²) in [5.41, 5.74) is 1.68. The average molecular weight is 576 g/mol. The minimum Gasteiger partial charge on any atom is -0.489 e. The van der Waals surface area contributed by atoms with Crippen LogP contribution in [0.15, 0.2) is 65.1 Å². The highest BCUT2D eigenvalue weighted by Gasteiger charge is 2.57. The van der Waals surface area contributed by atoms with Crippen LogP contribution in [0.1, 0.15) is 23.5 Å². The standard InChI is InChI=1S/C26H21BrCl2N2O4/c27-16-4-7-23(35-9-8-32)22(11-16)31-14-26(19-6-5-18(29)12-21(19)30-25(26)34)20(13-24(31)33)15-2-1-3-17(28)10-15/h1-7,10-12,20,32H,8-9,13-14H2,(H,30,34). The van der Waals surface area contributed by atoms with Gasteiger partial charge in [0.05, 0.1) is 12.3 Å². The number of rotatable bonds is 5. The second-order valence-electron chi connectivity index (χ2n) is 8.59. The maximum Gasteiger partial charge on any atom is 0.237 e. The van der Waals surface area contributed by atoms with E-state index < -0.39 is 11.3 Å². The quantitative estimate of drug-likeness (QED) is 0.419. The molecule has 3 aromatic carbocycles. The molecule has 1 fully saturated rings. The number of halogens is 3. The van der Waals surface area contributed by atoms with Gasteiger partial charge in [-0.1, -0.05) is 57.3 Å². The molecule has 5 rings (SSSR count). The van der Waals surface area contributed by atoms with Gasteiger partial charge in [-0.25, -0.2) is 0 Å². The van der Waals surface area contributed by atoms with Gasteiger partial charge in [-0.2, -0.15) is 0 Å². The molecular weight excluding hydrogens is 555 g/mol. The lowest BCUT2D eigenvalue weighted by Gasteiger charge is -2.45. The molecule has 2 aliphatic heterocycles. The summed E-state index contributed by atoms with van der Waals surface area (Å²) >= 11 is 16.0. The first-order chi connectivity index (χ1) is 16.8. The number of aliphatic hydroxyl groups is 1. The Labute approximate surface area is 220 Å². The van der Waals surface area contributed by atoms with Crippen LogP contribution in [0.25, 0.3) is 0 Å². The molecule has 3 aromatic rings. The molecule has 2 aliphatic rings. The lowest BCUT2D eigenvalue weighted by atomic mass is 9.64. The van der Waals surface area contributed by atoms with Gasteiger partial charge >= 0.3 is 0 Å². The van der Waals surface area contributed by atoms with E-state index in [1.807, 2.05) is 24.3 Å². The molecule has 0 saturated carbocycles. The van der Waals surface area contributed by atoms with Gasteiger partial charge in [0, 0.05) is 39.1 Å². The highest BCUT2D eigenvalue weighted by Crippen LogP contribution is 2.53. The van der Waals surface area contributed by atoms with Crippen LogP contribution in [0.4, 0.5) is 11.4 Å². The predicted molar refractivity (Wildman–Crippen MR) is 140 cm³/mol. The number of amides is 2. The van der Waals surface area contributed by atoms with Gasteiger partial charge in [0.15, 0.2) is 0 Å². The summed E-state index contributed by atoms with van der Waals surface area (Å²) in [6.07, 6.45) is 0.0851. The van der Waals surface area contributed by atoms with Crippen LogP contribution in [0.3, 0.4) is 0 Å². The minimum atomic E-state index is -1.07. The molecule has 0 bridgehead atoms. The third kappa shape index (κ3) is 4.20. The Balaban J connectivity index is 1.68. The van der Waals surface area contributed by atoms with Gasteiger partial charge in [-0.05, 0) is 53.6 Å². The maximum atomic E-state index is 13.8. The zero-order valence-corrected chi connectivity index (χ0v) is 21.5. The number of anilines is 2. The summed E-state index contributed by atoms with van der Waals surface area (Å²) in [7, 11) is 0. The van der Waals surface area contributed by atoms with Gasteiger partial charge in [0.2, 0.25) is 11.8 Å². The van der Waals surface area contributed by atoms with Gasteiger partial charge in [0.1, 0.15) is 17.8 Å². The normalized spacial score (nSPS) is 21.3. The minimum absolute atomic E-state index is 0.0781. The zero-order chi connectivity index (χ0) is 24.7. The van der Waals surface area contributed by atoms with Gasteiger partial charge in [-0.15, -0.1) is 0 Å². The number of fused-ring (bicyclic) bond motifs is 2. The van der Waals surface area contributed by atoms with E-state index in [1.165, 1.54) is 0 Å². The molecule has 2 unspecified atom stereocenters. The molecule has 0 aromatic heterocycles. The van der Waals surface area contributed by atoms with E-state index in [9.17, 15) is 14.7 Å². The summed E-state index contributed by atoms with van der Waals surface area (Å²) in [6, 6.07) is 18.0. The lowest BCUT2D eigenvalue weighted by molar-refractivity contribution is -0.126. The summed E-state index contributed by atoms with van der Waals surface area (Å²) < 4.78 is 6.49. The van der Waals surface area contributed by atoms with E-state index in [0.717, 1.165) is 15.6 Å². The fourth-order valence-electron chi connectivity index (χ4n) is 5.10. The van der Waals surface area contributed by atoms with Crippen molar-refractivity contribution in [3.05, 3.63) is 86.3 Å². The Bertz CT molecular complexity index is 1330. The highest BCUT2D eigenvalue weighted by atomic mass is 79.9. The first-order valence-corrected chi connectivity index (χ1v) is 12.6. The van der Waals surface area contributed by atoms with Crippen molar-refractivity contribution in [3.8, 4) is 5.75 Å². The Morgan fingerprint density at radius 3 is 2.66 bits per heavy atom. The number of nitrogens with zero attached hydrogens (tertiary/aromatic N) is 1. The Morgan fingerprint density at radius 1 is 1.09 bits per heavy atom. The topological polar surface area (TPSA) is 78.9 Å². The number of nitrogens with one attached hydrogen (secondary N) is 1. The van der Waals surface area contributed by atoms with E-state index in [2.05, 4.69) is 21.2 Å². The molecule has 35 heavy (non-hydrogen) atoms. The lowest BCUT2D eigenvalue weighted by Crippen LogP contribution is -2.56. The van der Waals surface area contributed by atoms with E-state index in [1.54, 1.807) is 41.3 Å².